The number of aryl methyl sites for hydroxylation is 1. The van der Waals surface area contributed by atoms with Gasteiger partial charge in [0.05, 0.1) is 25.2 Å². The van der Waals surface area contributed by atoms with Crippen LogP contribution in [0.1, 0.15) is 22.8 Å². The standard InChI is InChI=1S/C19H23NO5S/c1-13-6-8-15(9-7-13)19(21)14(2)20(3)26(22,23)16-10-11-17(24-4)18(12-16)25-5/h6-12,14H,1-5H3. The summed E-state index contributed by atoms with van der Waals surface area (Å²) in [5, 5.41) is 0. The number of carbonyl (C=O) groups excluding carboxylic acids is 1. The number of ether oxygens (including phenoxy) is 2. The third kappa shape index (κ3) is 3.89. The van der Waals surface area contributed by atoms with Gasteiger partial charge in [0.25, 0.3) is 0 Å². The molecule has 6 nitrogen and oxygen atoms in total. The Kier molecular flexibility index (Phi) is 6.05. The van der Waals surface area contributed by atoms with Crippen LogP contribution >= 0.6 is 0 Å². The molecule has 0 saturated heterocycles. The average molecular weight is 377 g/mol. The van der Waals surface area contributed by atoms with Gasteiger partial charge >= 0.3 is 0 Å². The quantitative estimate of drug-likeness (QED) is 0.694. The molecule has 0 bridgehead atoms. The van der Waals surface area contributed by atoms with Gasteiger partial charge in [-0.25, -0.2) is 8.42 Å². The van der Waals surface area contributed by atoms with E-state index in [-0.39, 0.29) is 10.7 Å². The zero-order valence-electron chi connectivity index (χ0n) is 15.5. The summed E-state index contributed by atoms with van der Waals surface area (Å²) in [7, 11) is 0.416. The molecule has 0 aliphatic rings. The molecule has 7 heteroatoms. The highest BCUT2D eigenvalue weighted by molar-refractivity contribution is 7.89. The second kappa shape index (κ2) is 7.88. The number of likely N-dealkylation sites (N-methyl/N-ethyl adjacent to an activating group) is 1. The molecule has 0 radical (unpaired) electrons. The summed E-state index contributed by atoms with van der Waals surface area (Å²) in [6, 6.07) is 10.5. The van der Waals surface area contributed by atoms with E-state index in [9.17, 15) is 13.2 Å². The lowest BCUT2D eigenvalue weighted by Gasteiger charge is -2.24. The second-order valence-corrected chi connectivity index (χ2v) is 7.94. The van der Waals surface area contributed by atoms with Crippen LogP contribution in [0.4, 0.5) is 0 Å². The molecule has 0 aliphatic carbocycles. The van der Waals surface area contributed by atoms with Crippen molar-refractivity contribution in [3.63, 3.8) is 0 Å². The van der Waals surface area contributed by atoms with Gasteiger partial charge in [-0.1, -0.05) is 29.8 Å². The number of sulfonamides is 1. The normalized spacial score (nSPS) is 12.7. The van der Waals surface area contributed by atoms with E-state index < -0.39 is 16.1 Å². The summed E-state index contributed by atoms with van der Waals surface area (Å²) in [5.74, 6) is 0.467. The van der Waals surface area contributed by atoms with Gasteiger partial charge in [-0.05, 0) is 26.0 Å². The summed E-state index contributed by atoms with van der Waals surface area (Å²) >= 11 is 0. The lowest BCUT2D eigenvalue weighted by molar-refractivity contribution is 0.0919. The highest BCUT2D eigenvalue weighted by atomic mass is 32.2. The Morgan fingerprint density at radius 1 is 1.00 bits per heavy atom. The summed E-state index contributed by atoms with van der Waals surface area (Å²) < 4.78 is 37.2. The van der Waals surface area contributed by atoms with E-state index in [0.29, 0.717) is 17.1 Å². The number of Topliss-reactive ketones (excluding diaryl/α,β-unsaturated/α-hetero) is 1. The Bertz CT molecular complexity index is 891. The van der Waals surface area contributed by atoms with Crippen molar-refractivity contribution in [3.8, 4) is 11.5 Å². The number of benzene rings is 2. The SMILES string of the molecule is COc1ccc(S(=O)(=O)N(C)C(C)C(=O)c2ccc(C)cc2)cc1OC. The number of ketones is 1. The topological polar surface area (TPSA) is 72.9 Å². The molecule has 0 aromatic heterocycles. The first-order valence-corrected chi connectivity index (χ1v) is 9.47. The summed E-state index contributed by atoms with van der Waals surface area (Å²) in [6.45, 7) is 3.49. The summed E-state index contributed by atoms with van der Waals surface area (Å²) in [4.78, 5) is 12.7. The van der Waals surface area contributed by atoms with Crippen LogP contribution < -0.4 is 9.47 Å². The molecule has 0 heterocycles. The smallest absolute Gasteiger partial charge is 0.243 e. The largest absolute Gasteiger partial charge is 0.493 e. The maximum atomic E-state index is 12.9. The van der Waals surface area contributed by atoms with Crippen LogP contribution in [0.15, 0.2) is 47.4 Å². The Morgan fingerprint density at radius 3 is 2.12 bits per heavy atom. The van der Waals surface area contributed by atoms with Crippen molar-refractivity contribution in [2.75, 3.05) is 21.3 Å². The van der Waals surface area contributed by atoms with E-state index >= 15 is 0 Å². The van der Waals surface area contributed by atoms with Crippen LogP contribution in [0.3, 0.4) is 0 Å². The Labute approximate surface area is 154 Å². The summed E-state index contributed by atoms with van der Waals surface area (Å²) in [5.41, 5.74) is 1.50. The van der Waals surface area contributed by atoms with Crippen LogP contribution in [0.25, 0.3) is 0 Å². The summed E-state index contributed by atoms with van der Waals surface area (Å²) in [6.07, 6.45) is 0. The first-order chi connectivity index (χ1) is 12.2. The molecule has 26 heavy (non-hydrogen) atoms. The maximum Gasteiger partial charge on any atom is 0.243 e. The van der Waals surface area contributed by atoms with Crippen LogP contribution in [-0.4, -0.2) is 45.8 Å². The third-order valence-corrected chi connectivity index (χ3v) is 6.22. The van der Waals surface area contributed by atoms with Gasteiger partial charge in [0, 0.05) is 18.7 Å². The molecule has 0 saturated carbocycles. The van der Waals surface area contributed by atoms with Crippen molar-refractivity contribution in [3.05, 3.63) is 53.6 Å². The van der Waals surface area contributed by atoms with E-state index in [1.165, 1.54) is 39.5 Å². The van der Waals surface area contributed by atoms with Gasteiger partial charge in [-0.3, -0.25) is 4.79 Å². The van der Waals surface area contributed by atoms with E-state index in [0.717, 1.165) is 9.87 Å². The number of nitrogens with zero attached hydrogens (tertiary/aromatic N) is 1. The highest BCUT2D eigenvalue weighted by Gasteiger charge is 2.30. The molecule has 0 amide bonds. The van der Waals surface area contributed by atoms with Crippen LogP contribution in [0.5, 0.6) is 11.5 Å². The first-order valence-electron chi connectivity index (χ1n) is 8.03. The zero-order chi connectivity index (χ0) is 19.5. The van der Waals surface area contributed by atoms with Crippen molar-refractivity contribution < 1.29 is 22.7 Å². The van der Waals surface area contributed by atoms with E-state index in [1.54, 1.807) is 19.1 Å². The molecule has 2 aromatic rings. The maximum absolute atomic E-state index is 12.9. The molecule has 2 rings (SSSR count). The molecule has 1 unspecified atom stereocenters. The van der Waals surface area contributed by atoms with Crippen LogP contribution in [-0.2, 0) is 10.0 Å². The fraction of sp³-hybridized carbons (Fsp3) is 0.316. The van der Waals surface area contributed by atoms with Gasteiger partial charge < -0.3 is 9.47 Å². The molecule has 1 atom stereocenters. The predicted molar refractivity (Wildman–Crippen MR) is 99.5 cm³/mol. The molecule has 140 valence electrons. The average Bonchev–Trinajstić information content (AvgIpc) is 2.66. The van der Waals surface area contributed by atoms with E-state index in [4.69, 9.17) is 9.47 Å². The highest BCUT2D eigenvalue weighted by Crippen LogP contribution is 2.31. The molecular weight excluding hydrogens is 354 g/mol. The molecular formula is C19H23NO5S. The second-order valence-electron chi connectivity index (χ2n) is 5.94. The molecule has 0 N–H and O–H groups in total. The molecule has 0 aliphatic heterocycles. The van der Waals surface area contributed by atoms with Gasteiger partial charge in [0.1, 0.15) is 0 Å². The Balaban J connectivity index is 2.33. The zero-order valence-corrected chi connectivity index (χ0v) is 16.3. The van der Waals surface area contributed by atoms with E-state index in [2.05, 4.69) is 0 Å². The van der Waals surface area contributed by atoms with Crippen molar-refractivity contribution >= 4 is 15.8 Å². The minimum Gasteiger partial charge on any atom is -0.493 e. The van der Waals surface area contributed by atoms with E-state index in [1.807, 2.05) is 19.1 Å². The number of methoxy groups -OCH3 is 2. The monoisotopic (exact) mass is 377 g/mol. The van der Waals surface area contributed by atoms with Gasteiger partial charge in [0.2, 0.25) is 10.0 Å². The third-order valence-electron chi connectivity index (χ3n) is 4.29. The number of hydrogen-bond donors (Lipinski definition) is 0. The molecule has 2 aromatic carbocycles. The predicted octanol–water partition coefficient (Wildman–Crippen LogP) is 2.90. The van der Waals surface area contributed by atoms with Gasteiger partial charge in [-0.2, -0.15) is 4.31 Å². The van der Waals surface area contributed by atoms with Crippen molar-refractivity contribution in [1.82, 2.24) is 4.31 Å². The first kappa shape index (κ1) is 19.9. The minimum absolute atomic E-state index is 0.0289. The number of hydrogen-bond acceptors (Lipinski definition) is 5. The number of rotatable bonds is 7. The van der Waals surface area contributed by atoms with Crippen molar-refractivity contribution in [1.29, 1.82) is 0 Å². The van der Waals surface area contributed by atoms with Gasteiger partial charge in [-0.15, -0.1) is 0 Å². The lowest BCUT2D eigenvalue weighted by Crippen LogP contribution is -2.40. The Hall–Kier alpha value is -2.38. The van der Waals surface area contributed by atoms with Crippen molar-refractivity contribution in [2.45, 2.75) is 24.8 Å². The van der Waals surface area contributed by atoms with Crippen molar-refractivity contribution in [2.24, 2.45) is 0 Å². The van der Waals surface area contributed by atoms with Gasteiger partial charge in [0.15, 0.2) is 17.3 Å². The lowest BCUT2D eigenvalue weighted by atomic mass is 10.0. The fourth-order valence-electron chi connectivity index (χ4n) is 2.48. The van der Waals surface area contributed by atoms with Crippen LogP contribution in [0, 0.1) is 6.92 Å². The molecule has 0 fully saturated rings. The fourth-order valence-corrected chi connectivity index (χ4v) is 3.82. The van der Waals surface area contributed by atoms with Crippen LogP contribution in [0.2, 0.25) is 0 Å². The molecule has 0 spiro atoms. The minimum atomic E-state index is -3.88. The Morgan fingerprint density at radius 2 is 1.58 bits per heavy atom. The number of carbonyl (C=O) groups is 1.